The quantitative estimate of drug-likeness (QED) is 0.695. The van der Waals surface area contributed by atoms with Gasteiger partial charge >= 0.3 is 0 Å². The van der Waals surface area contributed by atoms with Crippen molar-refractivity contribution in [1.82, 2.24) is 5.43 Å². The predicted molar refractivity (Wildman–Crippen MR) is 84.2 cm³/mol. The molecule has 0 aliphatic rings. The highest BCUT2D eigenvalue weighted by atomic mass is 35.5. The Hall–Kier alpha value is -2.33. The van der Waals surface area contributed by atoms with E-state index < -0.39 is 0 Å². The second-order valence-corrected chi connectivity index (χ2v) is 4.82. The number of methoxy groups -OCH3 is 1. The number of carbonyl (C=O) groups excluding carboxylic acids is 1. The monoisotopic (exact) mass is 302 g/mol. The highest BCUT2D eigenvalue weighted by Crippen LogP contribution is 2.17. The molecule has 2 aromatic carbocycles. The molecular weight excluding hydrogens is 288 g/mol. The second kappa shape index (κ2) is 6.90. The summed E-state index contributed by atoms with van der Waals surface area (Å²) in [6.45, 7) is 1.94. The van der Waals surface area contributed by atoms with E-state index in [1.807, 2.05) is 25.1 Å². The van der Waals surface area contributed by atoms with E-state index in [9.17, 15) is 4.79 Å². The molecule has 0 aromatic heterocycles. The van der Waals surface area contributed by atoms with Crippen LogP contribution >= 0.6 is 11.6 Å². The molecule has 2 rings (SSSR count). The number of ether oxygens (including phenoxy) is 1. The molecule has 21 heavy (non-hydrogen) atoms. The molecule has 1 N–H and O–H groups in total. The lowest BCUT2D eigenvalue weighted by molar-refractivity contribution is 0.0955. The van der Waals surface area contributed by atoms with E-state index in [4.69, 9.17) is 16.3 Å². The Bertz CT molecular complexity index is 684. The van der Waals surface area contributed by atoms with Gasteiger partial charge in [0.2, 0.25) is 0 Å². The third kappa shape index (κ3) is 3.83. The van der Waals surface area contributed by atoms with Gasteiger partial charge in [0.15, 0.2) is 0 Å². The molecule has 0 spiro atoms. The van der Waals surface area contributed by atoms with Crippen molar-refractivity contribution in [2.24, 2.45) is 5.10 Å². The van der Waals surface area contributed by atoms with Crippen LogP contribution in [-0.2, 0) is 0 Å². The van der Waals surface area contributed by atoms with E-state index in [1.165, 1.54) is 0 Å². The second-order valence-electron chi connectivity index (χ2n) is 4.41. The van der Waals surface area contributed by atoms with E-state index in [0.29, 0.717) is 10.6 Å². The number of amides is 1. The smallest absolute Gasteiger partial charge is 0.272 e. The summed E-state index contributed by atoms with van der Waals surface area (Å²) in [7, 11) is 1.62. The minimum Gasteiger partial charge on any atom is -0.496 e. The molecule has 0 aliphatic heterocycles. The summed E-state index contributed by atoms with van der Waals surface area (Å²) in [5.41, 5.74) is 4.71. The van der Waals surface area contributed by atoms with Crippen LogP contribution in [0, 0.1) is 6.92 Å². The van der Waals surface area contributed by atoms with Crippen LogP contribution in [0.15, 0.2) is 47.6 Å². The van der Waals surface area contributed by atoms with Crippen LogP contribution in [0.3, 0.4) is 0 Å². The van der Waals surface area contributed by atoms with E-state index in [2.05, 4.69) is 10.5 Å². The van der Waals surface area contributed by atoms with Gasteiger partial charge in [0.05, 0.1) is 23.9 Å². The number of hydrogen-bond donors (Lipinski definition) is 1. The maximum Gasteiger partial charge on any atom is 0.272 e. The largest absolute Gasteiger partial charge is 0.496 e. The van der Waals surface area contributed by atoms with Crippen LogP contribution < -0.4 is 10.2 Å². The normalized spacial score (nSPS) is 10.6. The van der Waals surface area contributed by atoms with Gasteiger partial charge in [0.1, 0.15) is 5.75 Å². The van der Waals surface area contributed by atoms with Crippen molar-refractivity contribution < 1.29 is 9.53 Å². The maximum atomic E-state index is 11.9. The first-order chi connectivity index (χ1) is 10.1. The first-order valence-corrected chi connectivity index (χ1v) is 6.72. The van der Waals surface area contributed by atoms with Gasteiger partial charge < -0.3 is 4.74 Å². The lowest BCUT2D eigenvalue weighted by atomic mass is 10.1. The zero-order valence-corrected chi connectivity index (χ0v) is 12.5. The maximum absolute atomic E-state index is 11.9. The van der Waals surface area contributed by atoms with Crippen molar-refractivity contribution in [1.29, 1.82) is 0 Å². The number of nitrogens with one attached hydrogen (secondary N) is 1. The summed E-state index contributed by atoms with van der Waals surface area (Å²) >= 11 is 5.94. The summed E-state index contributed by atoms with van der Waals surface area (Å²) in [6.07, 6.45) is 1.57. The SMILES string of the molecule is COc1ccc(/C=N/NC(=O)c2ccccc2Cl)cc1C. The van der Waals surface area contributed by atoms with Crippen molar-refractivity contribution in [2.45, 2.75) is 6.92 Å². The van der Waals surface area contributed by atoms with Crippen LogP contribution in [0.1, 0.15) is 21.5 Å². The highest BCUT2D eigenvalue weighted by molar-refractivity contribution is 6.33. The average Bonchev–Trinajstić information content (AvgIpc) is 2.48. The lowest BCUT2D eigenvalue weighted by Crippen LogP contribution is -2.17. The molecule has 0 bridgehead atoms. The van der Waals surface area contributed by atoms with Crippen LogP contribution in [-0.4, -0.2) is 19.2 Å². The van der Waals surface area contributed by atoms with Crippen molar-refractivity contribution in [3.8, 4) is 5.75 Å². The fraction of sp³-hybridized carbons (Fsp3) is 0.125. The molecule has 0 heterocycles. The Morgan fingerprint density at radius 2 is 2.05 bits per heavy atom. The average molecular weight is 303 g/mol. The molecule has 2 aromatic rings. The first kappa shape index (κ1) is 15.1. The Balaban J connectivity index is 2.04. The number of nitrogens with zero attached hydrogens (tertiary/aromatic N) is 1. The van der Waals surface area contributed by atoms with Gasteiger partial charge in [0, 0.05) is 0 Å². The number of hydrogen-bond acceptors (Lipinski definition) is 3. The van der Waals surface area contributed by atoms with Gasteiger partial charge in [-0.05, 0) is 48.4 Å². The number of halogens is 1. The van der Waals surface area contributed by atoms with E-state index in [1.54, 1.807) is 37.6 Å². The molecular formula is C16H15ClN2O2. The number of rotatable bonds is 4. The van der Waals surface area contributed by atoms with Gasteiger partial charge in [-0.2, -0.15) is 5.10 Å². The fourth-order valence-corrected chi connectivity index (χ4v) is 2.07. The Morgan fingerprint density at radius 1 is 1.29 bits per heavy atom. The van der Waals surface area contributed by atoms with Gasteiger partial charge in [-0.3, -0.25) is 4.79 Å². The number of aryl methyl sites for hydroxylation is 1. The topological polar surface area (TPSA) is 50.7 Å². The van der Waals surface area contributed by atoms with Gasteiger partial charge in [-0.15, -0.1) is 0 Å². The number of hydrazone groups is 1. The summed E-state index contributed by atoms with van der Waals surface area (Å²) in [4.78, 5) is 11.9. The third-order valence-electron chi connectivity index (χ3n) is 2.92. The Labute approximate surface area is 128 Å². The summed E-state index contributed by atoms with van der Waals surface area (Å²) in [6, 6.07) is 12.4. The first-order valence-electron chi connectivity index (χ1n) is 6.34. The van der Waals surface area contributed by atoms with E-state index in [0.717, 1.165) is 16.9 Å². The third-order valence-corrected chi connectivity index (χ3v) is 3.25. The zero-order chi connectivity index (χ0) is 15.2. The zero-order valence-electron chi connectivity index (χ0n) is 11.8. The molecule has 0 radical (unpaired) electrons. The fourth-order valence-electron chi connectivity index (χ4n) is 1.85. The molecule has 108 valence electrons. The molecule has 5 heteroatoms. The molecule has 0 saturated carbocycles. The molecule has 0 saturated heterocycles. The minimum absolute atomic E-state index is 0.345. The Morgan fingerprint density at radius 3 is 2.71 bits per heavy atom. The van der Waals surface area contributed by atoms with Crippen LogP contribution in [0.5, 0.6) is 5.75 Å². The van der Waals surface area contributed by atoms with Crippen molar-refractivity contribution in [3.63, 3.8) is 0 Å². The number of benzene rings is 2. The summed E-state index contributed by atoms with van der Waals surface area (Å²) in [5, 5.41) is 4.33. The van der Waals surface area contributed by atoms with Crippen LogP contribution in [0.25, 0.3) is 0 Å². The lowest BCUT2D eigenvalue weighted by Gasteiger charge is -2.04. The molecule has 0 fully saturated rings. The Kier molecular flexibility index (Phi) is 4.95. The van der Waals surface area contributed by atoms with Crippen molar-refractivity contribution >= 4 is 23.7 Å². The summed E-state index contributed by atoms with van der Waals surface area (Å²) < 4.78 is 5.18. The standard InChI is InChI=1S/C16H15ClN2O2/c1-11-9-12(7-8-15(11)21-2)10-18-19-16(20)13-5-3-4-6-14(13)17/h3-10H,1-2H3,(H,19,20)/b18-10+. The van der Waals surface area contributed by atoms with E-state index in [-0.39, 0.29) is 5.91 Å². The van der Waals surface area contributed by atoms with Gasteiger partial charge in [0.25, 0.3) is 5.91 Å². The molecule has 0 aliphatic carbocycles. The van der Waals surface area contributed by atoms with Crippen molar-refractivity contribution in [3.05, 3.63) is 64.2 Å². The summed E-state index contributed by atoms with van der Waals surface area (Å²) in [5.74, 6) is 0.467. The molecule has 4 nitrogen and oxygen atoms in total. The van der Waals surface area contributed by atoms with Gasteiger partial charge in [-0.25, -0.2) is 5.43 Å². The number of carbonyl (C=O) groups is 1. The van der Waals surface area contributed by atoms with Crippen molar-refractivity contribution in [2.75, 3.05) is 7.11 Å². The molecule has 0 unspecified atom stereocenters. The molecule has 1 amide bonds. The van der Waals surface area contributed by atoms with Crippen LogP contribution in [0.2, 0.25) is 5.02 Å². The molecule has 0 atom stereocenters. The van der Waals surface area contributed by atoms with E-state index >= 15 is 0 Å². The highest BCUT2D eigenvalue weighted by Gasteiger charge is 2.07. The van der Waals surface area contributed by atoms with Gasteiger partial charge in [-0.1, -0.05) is 23.7 Å². The van der Waals surface area contributed by atoms with Crippen LogP contribution in [0.4, 0.5) is 0 Å². The minimum atomic E-state index is -0.345. The predicted octanol–water partition coefficient (Wildman–Crippen LogP) is 3.42.